The first-order valence-electron chi connectivity index (χ1n) is 8.99. The Morgan fingerprint density at radius 1 is 1.17 bits per heavy atom. The molecule has 1 saturated heterocycles. The number of fused-ring (bicyclic) bond motifs is 1. The molecule has 2 aliphatic heterocycles. The predicted octanol–water partition coefficient (Wildman–Crippen LogP) is 4.76. The van der Waals surface area contributed by atoms with E-state index in [1.807, 2.05) is 13.8 Å². The first-order chi connectivity index (χ1) is 10.8. The van der Waals surface area contributed by atoms with Gasteiger partial charge in [0.15, 0.2) is 11.5 Å². The van der Waals surface area contributed by atoms with Crippen LogP contribution in [-0.4, -0.2) is 16.8 Å². The van der Waals surface area contributed by atoms with E-state index in [2.05, 4.69) is 19.9 Å². The fourth-order valence-electron chi connectivity index (χ4n) is 5.71. The van der Waals surface area contributed by atoms with Crippen molar-refractivity contribution >= 4 is 0 Å². The van der Waals surface area contributed by atoms with Crippen LogP contribution in [-0.2, 0) is 10.2 Å². The zero-order valence-electron chi connectivity index (χ0n) is 14.6. The summed E-state index contributed by atoms with van der Waals surface area (Å²) in [7, 11) is 0. The van der Waals surface area contributed by atoms with Crippen LogP contribution in [0.1, 0.15) is 82.1 Å². The molecule has 1 aromatic rings. The normalized spacial score (nSPS) is 34.3. The molecule has 2 aliphatic carbocycles. The monoisotopic (exact) mass is 316 g/mol. The predicted molar refractivity (Wildman–Crippen MR) is 90.0 cm³/mol. The van der Waals surface area contributed by atoms with Crippen molar-refractivity contribution in [1.82, 2.24) is 0 Å². The molecule has 1 aromatic carbocycles. The molecule has 1 spiro atoms. The maximum atomic E-state index is 10.9. The number of ether oxygens (including phenoxy) is 1. The number of rotatable bonds is 1. The molecule has 0 amide bonds. The fourth-order valence-corrected chi connectivity index (χ4v) is 5.71. The van der Waals surface area contributed by atoms with Crippen LogP contribution < -0.4 is 0 Å². The van der Waals surface area contributed by atoms with E-state index in [-0.39, 0.29) is 34.4 Å². The van der Waals surface area contributed by atoms with Crippen LogP contribution in [0.4, 0.5) is 0 Å². The largest absolute Gasteiger partial charge is 0.504 e. The van der Waals surface area contributed by atoms with Gasteiger partial charge in [0.2, 0.25) is 0 Å². The van der Waals surface area contributed by atoms with Gasteiger partial charge in [0, 0.05) is 16.5 Å². The minimum absolute atomic E-state index is 0.0678. The minimum Gasteiger partial charge on any atom is -0.504 e. The van der Waals surface area contributed by atoms with Crippen molar-refractivity contribution in [3.63, 3.8) is 0 Å². The van der Waals surface area contributed by atoms with Crippen LogP contribution in [0, 0.1) is 11.3 Å². The number of phenols is 2. The van der Waals surface area contributed by atoms with Crippen molar-refractivity contribution in [3.8, 4) is 11.5 Å². The first-order valence-corrected chi connectivity index (χ1v) is 8.99. The van der Waals surface area contributed by atoms with Gasteiger partial charge in [0.1, 0.15) is 0 Å². The molecule has 2 N–H and O–H groups in total. The van der Waals surface area contributed by atoms with Crippen LogP contribution in [0.15, 0.2) is 6.07 Å². The van der Waals surface area contributed by atoms with Crippen molar-refractivity contribution in [1.29, 1.82) is 0 Å². The van der Waals surface area contributed by atoms with Gasteiger partial charge >= 0.3 is 0 Å². The van der Waals surface area contributed by atoms with Gasteiger partial charge in [-0.25, -0.2) is 0 Å². The Morgan fingerprint density at radius 3 is 2.61 bits per heavy atom. The molecule has 23 heavy (non-hydrogen) atoms. The number of phenolic OH excluding ortho intramolecular Hbond substituents is 2. The van der Waals surface area contributed by atoms with Crippen LogP contribution in [0.3, 0.4) is 0 Å². The summed E-state index contributed by atoms with van der Waals surface area (Å²) < 4.78 is 6.19. The number of aromatic hydroxyl groups is 2. The molecule has 4 aliphatic rings. The molecule has 0 radical (unpaired) electrons. The molecule has 3 nitrogen and oxygen atoms in total. The smallest absolute Gasteiger partial charge is 0.162 e. The van der Waals surface area contributed by atoms with E-state index in [4.69, 9.17) is 4.74 Å². The molecule has 2 fully saturated rings. The Hall–Kier alpha value is -1.22. The van der Waals surface area contributed by atoms with Crippen molar-refractivity contribution < 1.29 is 14.9 Å². The third-order valence-corrected chi connectivity index (χ3v) is 6.85. The average Bonchev–Trinajstić information content (AvgIpc) is 2.49. The van der Waals surface area contributed by atoms with Crippen molar-refractivity contribution in [2.24, 2.45) is 11.3 Å². The lowest BCUT2D eigenvalue weighted by Crippen LogP contribution is -2.56. The van der Waals surface area contributed by atoms with Crippen LogP contribution in [0.2, 0.25) is 0 Å². The van der Waals surface area contributed by atoms with Crippen LogP contribution in [0.25, 0.3) is 0 Å². The molecular formula is C20H28O3. The Kier molecular flexibility index (Phi) is 3.10. The highest BCUT2D eigenvalue weighted by Crippen LogP contribution is 2.65. The molecule has 2 bridgehead atoms. The number of hydrogen-bond donors (Lipinski definition) is 2. The van der Waals surface area contributed by atoms with E-state index in [1.54, 1.807) is 0 Å². The van der Waals surface area contributed by atoms with Gasteiger partial charge in [-0.3, -0.25) is 0 Å². The molecule has 2 heterocycles. The topological polar surface area (TPSA) is 49.7 Å². The van der Waals surface area contributed by atoms with E-state index >= 15 is 0 Å². The maximum absolute atomic E-state index is 10.9. The van der Waals surface area contributed by atoms with E-state index in [9.17, 15) is 10.2 Å². The summed E-state index contributed by atoms with van der Waals surface area (Å²) in [5, 5.41) is 21.5. The molecule has 0 aromatic heterocycles. The van der Waals surface area contributed by atoms with Crippen molar-refractivity contribution in [2.45, 2.75) is 70.8 Å². The van der Waals surface area contributed by atoms with Gasteiger partial charge in [-0.15, -0.1) is 0 Å². The zero-order chi connectivity index (χ0) is 16.6. The van der Waals surface area contributed by atoms with Gasteiger partial charge in [0.25, 0.3) is 0 Å². The standard InChI is InChI=1S/C20H28O3/c1-11(2)12-8-13-14-9-15-19(3,4)6-5-7-20(15,10-23-14)16(13)18(22)17(12)21/h8,11,14-15,21-22H,5-7,9-10H2,1-4H3/t14-,15-,20+/m0/s1. The second-order valence-corrected chi connectivity index (χ2v) is 8.87. The molecule has 0 unspecified atom stereocenters. The second kappa shape index (κ2) is 4.66. The summed E-state index contributed by atoms with van der Waals surface area (Å²) in [5.41, 5.74) is 3.10. The van der Waals surface area contributed by atoms with Gasteiger partial charge in [-0.05, 0) is 48.1 Å². The summed E-state index contributed by atoms with van der Waals surface area (Å²) >= 11 is 0. The van der Waals surface area contributed by atoms with Gasteiger partial charge in [0.05, 0.1) is 12.7 Å². The molecule has 5 rings (SSSR count). The first kappa shape index (κ1) is 15.3. The Bertz CT molecular complexity index is 661. The fraction of sp³-hybridized carbons (Fsp3) is 0.700. The number of hydrogen-bond acceptors (Lipinski definition) is 3. The second-order valence-electron chi connectivity index (χ2n) is 8.87. The lowest BCUT2D eigenvalue weighted by molar-refractivity contribution is -0.137. The third kappa shape index (κ3) is 1.86. The highest BCUT2D eigenvalue weighted by Gasteiger charge is 2.59. The molecule has 3 heteroatoms. The van der Waals surface area contributed by atoms with E-state index < -0.39 is 0 Å². The summed E-state index contributed by atoms with van der Waals surface area (Å²) in [5.74, 6) is 0.914. The highest BCUT2D eigenvalue weighted by atomic mass is 16.5. The summed E-state index contributed by atoms with van der Waals surface area (Å²) in [4.78, 5) is 0. The van der Waals surface area contributed by atoms with Crippen LogP contribution >= 0.6 is 0 Å². The van der Waals surface area contributed by atoms with Gasteiger partial charge in [-0.2, -0.15) is 0 Å². The lowest BCUT2D eigenvalue weighted by Gasteiger charge is -2.60. The van der Waals surface area contributed by atoms with Gasteiger partial charge in [-0.1, -0.05) is 34.1 Å². The molecule has 1 saturated carbocycles. The van der Waals surface area contributed by atoms with Gasteiger partial charge < -0.3 is 14.9 Å². The van der Waals surface area contributed by atoms with E-state index in [1.165, 1.54) is 6.42 Å². The van der Waals surface area contributed by atoms with Crippen LogP contribution in [0.5, 0.6) is 11.5 Å². The summed E-state index contributed by atoms with van der Waals surface area (Å²) in [6, 6.07) is 2.10. The zero-order valence-corrected chi connectivity index (χ0v) is 14.6. The van der Waals surface area contributed by atoms with E-state index in [0.29, 0.717) is 12.5 Å². The molecule has 3 atom stereocenters. The SMILES string of the molecule is CC(C)c1cc2c(c(O)c1O)[C@@]13CCCC(C)(C)[C@@H]1C[C@@H]2OC3. The van der Waals surface area contributed by atoms with Crippen molar-refractivity contribution in [3.05, 3.63) is 22.8 Å². The highest BCUT2D eigenvalue weighted by molar-refractivity contribution is 5.61. The maximum Gasteiger partial charge on any atom is 0.162 e. The quantitative estimate of drug-likeness (QED) is 0.734. The van der Waals surface area contributed by atoms with E-state index in [0.717, 1.165) is 36.0 Å². The van der Waals surface area contributed by atoms with Crippen molar-refractivity contribution in [2.75, 3.05) is 6.61 Å². The summed E-state index contributed by atoms with van der Waals surface area (Å²) in [6.07, 6.45) is 4.55. The summed E-state index contributed by atoms with van der Waals surface area (Å²) in [6.45, 7) is 9.50. The number of benzene rings is 1. The average molecular weight is 316 g/mol. The Balaban J connectivity index is 1.97. The minimum atomic E-state index is -0.122. The Labute approximate surface area is 138 Å². The third-order valence-electron chi connectivity index (χ3n) is 6.85. The Morgan fingerprint density at radius 2 is 1.91 bits per heavy atom. The molecule has 126 valence electrons. The molecular weight excluding hydrogens is 288 g/mol. The lowest BCUT2D eigenvalue weighted by atomic mass is 9.48.